The lowest BCUT2D eigenvalue weighted by Gasteiger charge is -2.31. The Morgan fingerprint density at radius 2 is 1.75 bits per heavy atom. The Morgan fingerprint density at radius 3 is 2.35 bits per heavy atom. The minimum Gasteiger partial charge on any atom is -0.493 e. The van der Waals surface area contributed by atoms with Gasteiger partial charge in [0.2, 0.25) is 0 Å². The van der Waals surface area contributed by atoms with Gasteiger partial charge >= 0.3 is 0 Å². The van der Waals surface area contributed by atoms with Gasteiger partial charge in [0.25, 0.3) is 0 Å². The van der Waals surface area contributed by atoms with Crippen molar-refractivity contribution < 1.29 is 4.74 Å². The Bertz CT molecular complexity index is 406. The molecule has 2 heteroatoms. The fourth-order valence-corrected chi connectivity index (χ4v) is 3.84. The highest BCUT2D eigenvalue weighted by Crippen LogP contribution is 2.38. The van der Waals surface area contributed by atoms with E-state index in [9.17, 15) is 0 Å². The fourth-order valence-electron chi connectivity index (χ4n) is 3.11. The molecule has 112 valence electrons. The number of para-hydroxylation sites is 1. The second-order valence-electron chi connectivity index (χ2n) is 6.53. The first-order chi connectivity index (χ1) is 9.67. The van der Waals surface area contributed by atoms with Crippen molar-refractivity contribution in [3.8, 4) is 5.75 Å². The molecule has 1 fully saturated rings. The highest BCUT2D eigenvalue weighted by Gasteiger charge is 2.31. The summed E-state index contributed by atoms with van der Waals surface area (Å²) in [6, 6.07) is 8.49. The van der Waals surface area contributed by atoms with Gasteiger partial charge in [0.05, 0.1) is 6.61 Å². The summed E-state index contributed by atoms with van der Waals surface area (Å²) in [4.78, 5) is 0. The van der Waals surface area contributed by atoms with Crippen molar-refractivity contribution in [3.05, 3.63) is 29.8 Å². The molecule has 0 saturated heterocycles. The molecule has 20 heavy (non-hydrogen) atoms. The zero-order valence-electron chi connectivity index (χ0n) is 12.8. The van der Waals surface area contributed by atoms with E-state index in [4.69, 9.17) is 4.74 Å². The average Bonchev–Trinajstić information content (AvgIpc) is 2.71. The van der Waals surface area contributed by atoms with Gasteiger partial charge in [0.1, 0.15) is 5.75 Å². The molecule has 1 aliphatic carbocycles. The first-order valence-electron chi connectivity index (χ1n) is 7.95. The summed E-state index contributed by atoms with van der Waals surface area (Å²) in [5, 5.41) is 1.06. The van der Waals surface area contributed by atoms with Crippen molar-refractivity contribution in [1.82, 2.24) is 0 Å². The zero-order valence-corrected chi connectivity index (χ0v) is 14.4. The fraction of sp³-hybridized carbons (Fsp3) is 0.667. The summed E-state index contributed by atoms with van der Waals surface area (Å²) in [6.45, 7) is 5.31. The Hall–Kier alpha value is -0.500. The number of benzene rings is 1. The van der Waals surface area contributed by atoms with Crippen molar-refractivity contribution >= 4 is 15.9 Å². The van der Waals surface area contributed by atoms with Crippen molar-refractivity contribution in [2.75, 3.05) is 11.9 Å². The number of halogens is 1. The van der Waals surface area contributed by atoms with Crippen LogP contribution in [-0.4, -0.2) is 11.9 Å². The summed E-state index contributed by atoms with van der Waals surface area (Å²) in [5.41, 5.74) is 1.66. The molecule has 0 radical (unpaired) electrons. The summed E-state index contributed by atoms with van der Waals surface area (Å²) in [7, 11) is 0. The van der Waals surface area contributed by atoms with E-state index in [0.29, 0.717) is 11.3 Å². The molecule has 1 aromatic carbocycles. The molecule has 1 saturated carbocycles. The van der Waals surface area contributed by atoms with Crippen LogP contribution < -0.4 is 4.74 Å². The van der Waals surface area contributed by atoms with Gasteiger partial charge < -0.3 is 4.74 Å². The summed E-state index contributed by atoms with van der Waals surface area (Å²) < 4.78 is 6.26. The van der Waals surface area contributed by atoms with Gasteiger partial charge in [-0.2, -0.15) is 0 Å². The van der Waals surface area contributed by atoms with Crippen LogP contribution in [0.1, 0.15) is 63.9 Å². The van der Waals surface area contributed by atoms with Gasteiger partial charge in [0.15, 0.2) is 0 Å². The Morgan fingerprint density at radius 1 is 1.10 bits per heavy atom. The largest absolute Gasteiger partial charge is 0.493 e. The molecule has 2 rings (SSSR count). The van der Waals surface area contributed by atoms with Crippen molar-refractivity contribution in [3.63, 3.8) is 0 Å². The monoisotopic (exact) mass is 338 g/mol. The molecule has 0 unspecified atom stereocenters. The lowest BCUT2D eigenvalue weighted by Crippen LogP contribution is -2.30. The lowest BCUT2D eigenvalue weighted by atomic mass is 9.83. The van der Waals surface area contributed by atoms with Crippen molar-refractivity contribution in [1.29, 1.82) is 0 Å². The molecule has 0 N–H and O–H groups in total. The van der Waals surface area contributed by atoms with Crippen LogP contribution in [0.25, 0.3) is 0 Å². The van der Waals surface area contributed by atoms with E-state index in [0.717, 1.165) is 17.7 Å². The number of rotatable bonds is 5. The third-order valence-electron chi connectivity index (χ3n) is 4.52. The second kappa shape index (κ2) is 7.49. The highest BCUT2D eigenvalue weighted by atomic mass is 79.9. The minimum absolute atomic E-state index is 0.334. The van der Waals surface area contributed by atoms with E-state index < -0.39 is 0 Å². The summed E-state index contributed by atoms with van der Waals surface area (Å²) in [6.07, 6.45) is 8.06. The third kappa shape index (κ3) is 4.00. The first-order valence-corrected chi connectivity index (χ1v) is 9.07. The normalized spacial score (nSPS) is 18.8. The third-order valence-corrected chi connectivity index (χ3v) is 5.71. The number of alkyl halides is 1. The van der Waals surface area contributed by atoms with E-state index in [-0.39, 0.29) is 0 Å². The summed E-state index contributed by atoms with van der Waals surface area (Å²) in [5.74, 6) is 1.59. The Balaban J connectivity index is 2.06. The second-order valence-corrected chi connectivity index (χ2v) is 7.09. The van der Waals surface area contributed by atoms with Gasteiger partial charge in [-0.3, -0.25) is 0 Å². The van der Waals surface area contributed by atoms with Crippen LogP contribution in [0, 0.1) is 5.41 Å². The van der Waals surface area contributed by atoms with Gasteiger partial charge in [-0.05, 0) is 30.4 Å². The average molecular weight is 339 g/mol. The smallest absolute Gasteiger partial charge is 0.122 e. The number of hydrogen-bond donors (Lipinski definition) is 0. The van der Waals surface area contributed by atoms with E-state index in [2.05, 4.69) is 54.0 Å². The van der Waals surface area contributed by atoms with E-state index in [1.807, 2.05) is 0 Å². The predicted molar refractivity (Wildman–Crippen MR) is 90.0 cm³/mol. The van der Waals surface area contributed by atoms with Gasteiger partial charge in [-0.1, -0.05) is 73.7 Å². The van der Waals surface area contributed by atoms with Crippen molar-refractivity contribution in [2.45, 2.75) is 58.3 Å². The van der Waals surface area contributed by atoms with Crippen LogP contribution in [-0.2, 0) is 0 Å². The molecule has 1 aromatic rings. The number of ether oxygens (including phenoxy) is 1. The van der Waals surface area contributed by atoms with Gasteiger partial charge in [-0.15, -0.1) is 0 Å². The first kappa shape index (κ1) is 15.9. The van der Waals surface area contributed by atoms with Gasteiger partial charge in [-0.25, -0.2) is 0 Å². The molecular weight excluding hydrogens is 312 g/mol. The van der Waals surface area contributed by atoms with E-state index in [1.165, 1.54) is 44.1 Å². The Labute approximate surface area is 132 Å². The van der Waals surface area contributed by atoms with Crippen LogP contribution >= 0.6 is 15.9 Å². The molecule has 0 bridgehead atoms. The van der Waals surface area contributed by atoms with E-state index in [1.54, 1.807) is 0 Å². The maximum Gasteiger partial charge on any atom is 0.122 e. The van der Waals surface area contributed by atoms with E-state index >= 15 is 0 Å². The topological polar surface area (TPSA) is 9.23 Å². The lowest BCUT2D eigenvalue weighted by molar-refractivity contribution is 0.148. The molecule has 1 aliphatic rings. The standard InChI is InChI=1S/C18H27BrO/c1-15(2)16-9-5-6-10-17(16)20-14-18(13-19)11-7-3-4-8-12-18/h5-6,9-10,15H,3-4,7-8,11-14H2,1-2H3. The quantitative estimate of drug-likeness (QED) is 0.478. The SMILES string of the molecule is CC(C)c1ccccc1OCC1(CBr)CCCCCC1. The van der Waals surface area contributed by atoms with Crippen LogP contribution in [0.3, 0.4) is 0 Å². The molecule has 0 heterocycles. The molecule has 0 aromatic heterocycles. The van der Waals surface area contributed by atoms with Crippen LogP contribution in [0.4, 0.5) is 0 Å². The highest BCUT2D eigenvalue weighted by molar-refractivity contribution is 9.09. The molecule has 0 amide bonds. The van der Waals surface area contributed by atoms with Crippen LogP contribution in [0.5, 0.6) is 5.75 Å². The van der Waals surface area contributed by atoms with Crippen LogP contribution in [0.2, 0.25) is 0 Å². The molecule has 0 atom stereocenters. The summed E-state index contributed by atoms with van der Waals surface area (Å²) >= 11 is 3.74. The van der Waals surface area contributed by atoms with Crippen LogP contribution in [0.15, 0.2) is 24.3 Å². The number of hydrogen-bond acceptors (Lipinski definition) is 1. The van der Waals surface area contributed by atoms with Gasteiger partial charge in [0, 0.05) is 10.7 Å². The molecular formula is C18H27BrO. The van der Waals surface area contributed by atoms with Crippen molar-refractivity contribution in [2.24, 2.45) is 5.41 Å². The maximum atomic E-state index is 6.26. The predicted octanol–water partition coefficient (Wildman–Crippen LogP) is 5.92. The molecule has 0 spiro atoms. The molecule has 0 aliphatic heterocycles. The minimum atomic E-state index is 0.334. The zero-order chi connectivity index (χ0) is 14.4. The maximum absolute atomic E-state index is 6.26. The molecule has 1 nitrogen and oxygen atoms in total. The Kier molecular flexibility index (Phi) is 5.95.